The summed E-state index contributed by atoms with van der Waals surface area (Å²) in [5.74, 6) is -0.203. The lowest BCUT2D eigenvalue weighted by molar-refractivity contribution is 0.617. The van der Waals surface area contributed by atoms with Crippen molar-refractivity contribution in [1.82, 2.24) is 9.97 Å². The largest absolute Gasteiger partial charge is 0.380 e. The topological polar surface area (TPSA) is 60.7 Å². The molecule has 0 atom stereocenters. The van der Waals surface area contributed by atoms with Crippen LogP contribution in [-0.4, -0.2) is 9.97 Å². The van der Waals surface area contributed by atoms with Gasteiger partial charge in [-0.2, -0.15) is 0 Å². The molecular weight excluding hydrogens is 337 g/mol. The van der Waals surface area contributed by atoms with Gasteiger partial charge in [0, 0.05) is 11.0 Å². The number of imidazole rings is 1. The van der Waals surface area contributed by atoms with Crippen LogP contribution < -0.4 is 11.0 Å². The van der Waals surface area contributed by atoms with Crippen LogP contribution in [0.4, 0.5) is 10.1 Å². The molecule has 3 rings (SSSR count). The van der Waals surface area contributed by atoms with E-state index in [2.05, 4.69) is 31.2 Å². The smallest absolute Gasteiger partial charge is 0.323 e. The molecule has 6 heteroatoms. The lowest BCUT2D eigenvalue weighted by atomic mass is 10.1. The SMILES string of the molecule is Cc1cc(CNc2cc3[nH]c(=O)[nH]c3cc2Br)ccc1F. The highest BCUT2D eigenvalue weighted by Gasteiger charge is 2.06. The minimum absolute atomic E-state index is 0.203. The number of H-pyrrole nitrogens is 2. The van der Waals surface area contributed by atoms with Crippen molar-refractivity contribution in [2.45, 2.75) is 13.5 Å². The number of halogens is 2. The van der Waals surface area contributed by atoms with Gasteiger partial charge in [0.25, 0.3) is 0 Å². The monoisotopic (exact) mass is 349 g/mol. The Balaban J connectivity index is 1.85. The third-order valence-corrected chi connectivity index (χ3v) is 3.97. The molecule has 0 saturated heterocycles. The second kappa shape index (κ2) is 5.37. The first-order valence-corrected chi connectivity index (χ1v) is 7.22. The van der Waals surface area contributed by atoms with Crippen LogP contribution in [0.1, 0.15) is 11.1 Å². The molecule has 21 heavy (non-hydrogen) atoms. The van der Waals surface area contributed by atoms with E-state index in [1.54, 1.807) is 13.0 Å². The summed E-state index contributed by atoms with van der Waals surface area (Å²) in [6.07, 6.45) is 0. The van der Waals surface area contributed by atoms with Gasteiger partial charge in [-0.15, -0.1) is 0 Å². The summed E-state index contributed by atoms with van der Waals surface area (Å²) in [6.45, 7) is 2.31. The maximum absolute atomic E-state index is 13.2. The number of fused-ring (bicyclic) bond motifs is 1. The molecule has 0 fully saturated rings. The Morgan fingerprint density at radius 2 is 1.90 bits per heavy atom. The number of nitrogens with one attached hydrogen (secondary N) is 3. The van der Waals surface area contributed by atoms with Crippen molar-refractivity contribution in [3.8, 4) is 0 Å². The van der Waals surface area contributed by atoms with Gasteiger partial charge in [-0.25, -0.2) is 9.18 Å². The molecule has 0 radical (unpaired) electrons. The average Bonchev–Trinajstić information content (AvgIpc) is 2.79. The number of aromatic amines is 2. The number of rotatable bonds is 3. The molecule has 0 aliphatic carbocycles. The molecule has 3 N–H and O–H groups in total. The Hall–Kier alpha value is -2.08. The number of aromatic nitrogens is 2. The minimum Gasteiger partial charge on any atom is -0.380 e. The molecule has 0 amide bonds. The molecular formula is C15H13BrFN3O. The molecule has 3 aromatic rings. The number of hydrogen-bond donors (Lipinski definition) is 3. The van der Waals surface area contributed by atoms with Crippen LogP contribution in [-0.2, 0) is 6.54 Å². The molecule has 0 aliphatic heterocycles. The van der Waals surface area contributed by atoms with E-state index in [0.29, 0.717) is 12.1 Å². The Morgan fingerprint density at radius 3 is 2.62 bits per heavy atom. The van der Waals surface area contributed by atoms with E-state index in [1.807, 2.05) is 18.2 Å². The molecule has 1 heterocycles. The van der Waals surface area contributed by atoms with Gasteiger partial charge in [0.15, 0.2) is 0 Å². The van der Waals surface area contributed by atoms with E-state index in [-0.39, 0.29) is 11.5 Å². The van der Waals surface area contributed by atoms with E-state index in [1.165, 1.54) is 6.07 Å². The molecule has 108 valence electrons. The third kappa shape index (κ3) is 2.85. The zero-order chi connectivity index (χ0) is 15.0. The minimum atomic E-state index is -0.233. The fourth-order valence-electron chi connectivity index (χ4n) is 2.21. The average molecular weight is 350 g/mol. The van der Waals surface area contributed by atoms with Crippen molar-refractivity contribution in [3.05, 3.63) is 62.2 Å². The van der Waals surface area contributed by atoms with Crippen molar-refractivity contribution in [2.24, 2.45) is 0 Å². The van der Waals surface area contributed by atoms with Crippen LogP contribution in [0.5, 0.6) is 0 Å². The molecule has 0 aliphatic rings. The number of benzene rings is 2. The molecule has 0 spiro atoms. The van der Waals surface area contributed by atoms with Crippen LogP contribution in [0.3, 0.4) is 0 Å². The van der Waals surface area contributed by atoms with Crippen molar-refractivity contribution in [2.75, 3.05) is 5.32 Å². The van der Waals surface area contributed by atoms with E-state index < -0.39 is 0 Å². The maximum Gasteiger partial charge on any atom is 0.323 e. The molecule has 4 nitrogen and oxygen atoms in total. The van der Waals surface area contributed by atoms with E-state index in [9.17, 15) is 9.18 Å². The Morgan fingerprint density at radius 1 is 1.19 bits per heavy atom. The first kappa shape index (κ1) is 13.9. The van der Waals surface area contributed by atoms with Gasteiger partial charge in [0.05, 0.1) is 16.7 Å². The fourth-order valence-corrected chi connectivity index (χ4v) is 2.69. The summed E-state index contributed by atoms with van der Waals surface area (Å²) < 4.78 is 14.1. The number of aryl methyl sites for hydroxylation is 1. The van der Waals surface area contributed by atoms with Gasteiger partial charge in [-0.1, -0.05) is 12.1 Å². The lowest BCUT2D eigenvalue weighted by Crippen LogP contribution is -2.01. The van der Waals surface area contributed by atoms with Gasteiger partial charge in [-0.3, -0.25) is 0 Å². The maximum atomic E-state index is 13.2. The van der Waals surface area contributed by atoms with Crippen LogP contribution in [0, 0.1) is 12.7 Å². The van der Waals surface area contributed by atoms with E-state index >= 15 is 0 Å². The van der Waals surface area contributed by atoms with Gasteiger partial charge in [0.2, 0.25) is 0 Å². The molecule has 0 saturated carbocycles. The van der Waals surface area contributed by atoms with Crippen LogP contribution in [0.2, 0.25) is 0 Å². The molecule has 0 unspecified atom stereocenters. The Bertz CT molecular complexity index is 869. The van der Waals surface area contributed by atoms with Crippen molar-refractivity contribution in [1.29, 1.82) is 0 Å². The van der Waals surface area contributed by atoms with Crippen LogP contribution >= 0.6 is 15.9 Å². The standard InChI is InChI=1S/C15H13BrFN3O/c1-8-4-9(2-3-11(8)17)7-18-12-6-14-13(5-10(12)16)19-15(21)20-14/h2-6,18H,7H2,1H3,(H2,19,20,21). The highest BCUT2D eigenvalue weighted by atomic mass is 79.9. The first-order chi connectivity index (χ1) is 10.0. The van der Waals surface area contributed by atoms with Gasteiger partial charge in [-0.05, 0) is 52.2 Å². The van der Waals surface area contributed by atoms with Crippen molar-refractivity contribution >= 4 is 32.7 Å². The number of hydrogen-bond acceptors (Lipinski definition) is 2. The predicted octanol–water partition coefficient (Wildman–Crippen LogP) is 3.68. The second-order valence-corrected chi connectivity index (χ2v) is 5.75. The second-order valence-electron chi connectivity index (χ2n) is 4.89. The third-order valence-electron chi connectivity index (χ3n) is 3.31. The molecule has 0 bridgehead atoms. The highest BCUT2D eigenvalue weighted by molar-refractivity contribution is 9.10. The fraction of sp³-hybridized carbons (Fsp3) is 0.133. The summed E-state index contributed by atoms with van der Waals surface area (Å²) in [6, 6.07) is 8.72. The van der Waals surface area contributed by atoms with Crippen LogP contribution in [0.15, 0.2) is 39.6 Å². The number of anilines is 1. The van der Waals surface area contributed by atoms with Crippen molar-refractivity contribution in [3.63, 3.8) is 0 Å². The summed E-state index contributed by atoms with van der Waals surface area (Å²) >= 11 is 3.47. The Kier molecular flexibility index (Phi) is 3.55. The van der Waals surface area contributed by atoms with E-state index in [0.717, 1.165) is 26.8 Å². The zero-order valence-electron chi connectivity index (χ0n) is 11.3. The summed E-state index contributed by atoms with van der Waals surface area (Å²) in [7, 11) is 0. The summed E-state index contributed by atoms with van der Waals surface area (Å²) in [5.41, 5.74) is 3.72. The predicted molar refractivity (Wildman–Crippen MR) is 85.1 cm³/mol. The van der Waals surface area contributed by atoms with Gasteiger partial charge in [0.1, 0.15) is 5.82 Å². The first-order valence-electron chi connectivity index (χ1n) is 6.43. The Labute approximate surface area is 128 Å². The van der Waals surface area contributed by atoms with E-state index in [4.69, 9.17) is 0 Å². The quantitative estimate of drug-likeness (QED) is 0.675. The molecule has 2 aromatic carbocycles. The summed E-state index contributed by atoms with van der Waals surface area (Å²) in [5, 5.41) is 3.27. The summed E-state index contributed by atoms with van der Waals surface area (Å²) in [4.78, 5) is 16.7. The van der Waals surface area contributed by atoms with Crippen molar-refractivity contribution < 1.29 is 4.39 Å². The van der Waals surface area contributed by atoms with Gasteiger partial charge >= 0.3 is 5.69 Å². The highest BCUT2D eigenvalue weighted by Crippen LogP contribution is 2.27. The zero-order valence-corrected chi connectivity index (χ0v) is 12.8. The lowest BCUT2D eigenvalue weighted by Gasteiger charge is -2.10. The van der Waals surface area contributed by atoms with Crippen LogP contribution in [0.25, 0.3) is 11.0 Å². The molecule has 1 aromatic heterocycles. The normalized spacial score (nSPS) is 11.0. The van der Waals surface area contributed by atoms with Gasteiger partial charge < -0.3 is 15.3 Å².